The third-order valence-corrected chi connectivity index (χ3v) is 3.80. The number of amides is 1. The summed E-state index contributed by atoms with van der Waals surface area (Å²) >= 11 is 0. The summed E-state index contributed by atoms with van der Waals surface area (Å²) in [6, 6.07) is 9.25. The van der Waals surface area contributed by atoms with Crippen molar-refractivity contribution < 1.29 is 4.79 Å². The summed E-state index contributed by atoms with van der Waals surface area (Å²) in [6.07, 6.45) is 3.75. The molecule has 1 saturated carbocycles. The first-order valence-corrected chi connectivity index (χ1v) is 6.74. The van der Waals surface area contributed by atoms with Gasteiger partial charge in [-0.25, -0.2) is 0 Å². The molecule has 0 heterocycles. The van der Waals surface area contributed by atoms with Gasteiger partial charge in [0.1, 0.15) is 0 Å². The molecule has 1 amide bonds. The number of nitrogens with one attached hydrogen (secondary N) is 1. The number of benzene rings is 1. The number of hydrogen-bond acceptors (Lipinski definition) is 2. The van der Waals surface area contributed by atoms with E-state index in [1.807, 2.05) is 0 Å². The van der Waals surface area contributed by atoms with Crippen LogP contribution < -0.4 is 11.1 Å². The molecule has 0 aliphatic heterocycles. The van der Waals surface area contributed by atoms with Crippen LogP contribution in [0.4, 0.5) is 0 Å². The van der Waals surface area contributed by atoms with E-state index < -0.39 is 0 Å². The molecule has 3 heteroatoms. The molecule has 1 aliphatic rings. The quantitative estimate of drug-likeness (QED) is 0.755. The summed E-state index contributed by atoms with van der Waals surface area (Å²) in [5.74, 6) is 0.503. The summed E-state index contributed by atoms with van der Waals surface area (Å²) in [7, 11) is 0. The highest BCUT2D eigenvalue weighted by molar-refractivity contribution is 5.73. The van der Waals surface area contributed by atoms with E-state index in [1.54, 1.807) is 0 Å². The van der Waals surface area contributed by atoms with Crippen LogP contribution >= 0.6 is 0 Å². The lowest BCUT2D eigenvalue weighted by molar-refractivity contribution is -0.118. The van der Waals surface area contributed by atoms with Gasteiger partial charge in [0.2, 0.25) is 5.91 Å². The Hall–Kier alpha value is -1.35. The highest BCUT2D eigenvalue weighted by Crippen LogP contribution is 2.38. The van der Waals surface area contributed by atoms with Crippen molar-refractivity contribution in [1.29, 1.82) is 0 Å². The summed E-state index contributed by atoms with van der Waals surface area (Å²) in [5.41, 5.74) is 7.99. The molecule has 0 atom stereocenters. The number of primary amides is 1. The maximum Gasteiger partial charge on any atom is 0.217 e. The van der Waals surface area contributed by atoms with E-state index in [0.717, 1.165) is 13.0 Å². The normalized spacial score (nSPS) is 22.5. The molecule has 0 saturated heterocycles. The van der Waals surface area contributed by atoms with E-state index in [2.05, 4.69) is 36.5 Å². The van der Waals surface area contributed by atoms with Crippen LogP contribution in [0.2, 0.25) is 0 Å². The van der Waals surface area contributed by atoms with Crippen molar-refractivity contribution in [2.24, 2.45) is 5.73 Å². The SMILES string of the molecule is Cc1ccccc1C1CC(NCCCC(N)=O)C1. The molecule has 18 heavy (non-hydrogen) atoms. The largest absolute Gasteiger partial charge is 0.370 e. The highest BCUT2D eigenvalue weighted by atomic mass is 16.1. The minimum atomic E-state index is -0.205. The first-order valence-electron chi connectivity index (χ1n) is 6.74. The Morgan fingerprint density at radius 1 is 1.39 bits per heavy atom. The van der Waals surface area contributed by atoms with Gasteiger partial charge in [-0.1, -0.05) is 24.3 Å². The second kappa shape index (κ2) is 6.01. The smallest absolute Gasteiger partial charge is 0.217 e. The predicted octanol–water partition coefficient (Wildman–Crippen LogP) is 2.10. The lowest BCUT2D eigenvalue weighted by atomic mass is 9.74. The van der Waals surface area contributed by atoms with Gasteiger partial charge in [0, 0.05) is 12.5 Å². The molecule has 1 aromatic carbocycles. The van der Waals surface area contributed by atoms with Crippen LogP contribution in [-0.2, 0) is 4.79 Å². The highest BCUT2D eigenvalue weighted by Gasteiger charge is 2.30. The lowest BCUT2D eigenvalue weighted by Gasteiger charge is -2.37. The van der Waals surface area contributed by atoms with Gasteiger partial charge >= 0.3 is 0 Å². The Kier molecular flexibility index (Phi) is 4.37. The Morgan fingerprint density at radius 3 is 2.78 bits per heavy atom. The van der Waals surface area contributed by atoms with Gasteiger partial charge in [-0.05, 0) is 49.8 Å². The van der Waals surface area contributed by atoms with Crippen LogP contribution in [0.1, 0.15) is 42.7 Å². The van der Waals surface area contributed by atoms with Crippen LogP contribution in [-0.4, -0.2) is 18.5 Å². The predicted molar refractivity (Wildman–Crippen MR) is 73.4 cm³/mol. The van der Waals surface area contributed by atoms with E-state index in [1.165, 1.54) is 24.0 Å². The molecule has 0 aromatic heterocycles. The number of rotatable bonds is 6. The average molecular weight is 246 g/mol. The van der Waals surface area contributed by atoms with Crippen LogP contribution in [0.25, 0.3) is 0 Å². The standard InChI is InChI=1S/C15H22N2O/c1-11-5-2-3-6-14(11)12-9-13(10-12)17-8-4-7-15(16)18/h2-3,5-6,12-13,17H,4,7-10H2,1H3,(H2,16,18). The zero-order chi connectivity index (χ0) is 13.0. The molecule has 2 rings (SSSR count). The summed E-state index contributed by atoms with van der Waals surface area (Å²) in [4.78, 5) is 10.6. The third kappa shape index (κ3) is 3.33. The maximum absolute atomic E-state index is 10.6. The zero-order valence-electron chi connectivity index (χ0n) is 11.0. The second-order valence-electron chi connectivity index (χ2n) is 5.25. The number of carbonyl (C=O) groups excluding carboxylic acids is 1. The molecule has 0 bridgehead atoms. The van der Waals surface area contributed by atoms with Gasteiger partial charge in [-0.2, -0.15) is 0 Å². The van der Waals surface area contributed by atoms with Crippen LogP contribution in [0.5, 0.6) is 0 Å². The zero-order valence-corrected chi connectivity index (χ0v) is 11.0. The monoisotopic (exact) mass is 246 g/mol. The average Bonchev–Trinajstić information content (AvgIpc) is 2.28. The Morgan fingerprint density at radius 2 is 2.11 bits per heavy atom. The van der Waals surface area contributed by atoms with Crippen molar-refractivity contribution in [3.8, 4) is 0 Å². The number of aryl methyl sites for hydroxylation is 1. The van der Waals surface area contributed by atoms with Crippen molar-refractivity contribution >= 4 is 5.91 Å². The number of hydrogen-bond donors (Lipinski definition) is 2. The Balaban J connectivity index is 1.68. The fraction of sp³-hybridized carbons (Fsp3) is 0.533. The summed E-state index contributed by atoms with van der Waals surface area (Å²) in [5, 5.41) is 3.49. The third-order valence-electron chi connectivity index (χ3n) is 3.80. The molecule has 3 nitrogen and oxygen atoms in total. The number of carbonyl (C=O) groups is 1. The van der Waals surface area contributed by atoms with E-state index in [0.29, 0.717) is 18.4 Å². The van der Waals surface area contributed by atoms with E-state index in [4.69, 9.17) is 5.73 Å². The summed E-state index contributed by atoms with van der Waals surface area (Å²) < 4.78 is 0. The molecule has 1 fully saturated rings. The van der Waals surface area contributed by atoms with Crippen molar-refractivity contribution in [3.63, 3.8) is 0 Å². The van der Waals surface area contributed by atoms with Gasteiger partial charge in [-0.3, -0.25) is 4.79 Å². The van der Waals surface area contributed by atoms with Crippen molar-refractivity contribution in [1.82, 2.24) is 5.32 Å². The van der Waals surface area contributed by atoms with E-state index in [-0.39, 0.29) is 5.91 Å². The minimum Gasteiger partial charge on any atom is -0.370 e. The first kappa shape index (κ1) is 13.1. The van der Waals surface area contributed by atoms with Crippen molar-refractivity contribution in [3.05, 3.63) is 35.4 Å². The molecular formula is C15H22N2O. The fourth-order valence-corrected chi connectivity index (χ4v) is 2.65. The van der Waals surface area contributed by atoms with Crippen molar-refractivity contribution in [2.75, 3.05) is 6.54 Å². The fourth-order valence-electron chi connectivity index (χ4n) is 2.65. The van der Waals surface area contributed by atoms with E-state index >= 15 is 0 Å². The number of nitrogens with two attached hydrogens (primary N) is 1. The first-order chi connectivity index (χ1) is 8.66. The second-order valence-corrected chi connectivity index (χ2v) is 5.25. The van der Waals surface area contributed by atoms with Crippen LogP contribution in [0, 0.1) is 6.92 Å². The Bertz CT molecular complexity index is 411. The van der Waals surface area contributed by atoms with Crippen LogP contribution in [0.15, 0.2) is 24.3 Å². The molecule has 1 aliphatic carbocycles. The van der Waals surface area contributed by atoms with Gasteiger partial charge < -0.3 is 11.1 Å². The molecule has 0 unspecified atom stereocenters. The van der Waals surface area contributed by atoms with Gasteiger partial charge in [0.25, 0.3) is 0 Å². The molecule has 3 N–H and O–H groups in total. The van der Waals surface area contributed by atoms with E-state index in [9.17, 15) is 4.79 Å². The molecule has 0 spiro atoms. The molecule has 0 radical (unpaired) electrons. The molecule has 98 valence electrons. The van der Waals surface area contributed by atoms with Crippen LogP contribution in [0.3, 0.4) is 0 Å². The lowest BCUT2D eigenvalue weighted by Crippen LogP contribution is -2.40. The minimum absolute atomic E-state index is 0.205. The molecular weight excluding hydrogens is 224 g/mol. The van der Waals surface area contributed by atoms with Gasteiger partial charge in [-0.15, -0.1) is 0 Å². The van der Waals surface area contributed by atoms with Gasteiger partial charge in [0.15, 0.2) is 0 Å². The van der Waals surface area contributed by atoms with Crippen molar-refractivity contribution in [2.45, 2.75) is 44.6 Å². The Labute approximate surface area is 109 Å². The van der Waals surface area contributed by atoms with Gasteiger partial charge in [0.05, 0.1) is 0 Å². The topological polar surface area (TPSA) is 55.1 Å². The maximum atomic E-state index is 10.6. The molecule has 1 aromatic rings. The summed E-state index contributed by atoms with van der Waals surface area (Å²) in [6.45, 7) is 3.08.